The van der Waals surface area contributed by atoms with Gasteiger partial charge in [0.15, 0.2) is 0 Å². The number of halogens is 3. The van der Waals surface area contributed by atoms with Crippen LogP contribution in [-0.4, -0.2) is 75.9 Å². The van der Waals surface area contributed by atoms with Crippen LogP contribution in [-0.2, 0) is 9.53 Å². The van der Waals surface area contributed by atoms with E-state index in [1.807, 2.05) is 41.6 Å². The fraction of sp³-hybridized carbons (Fsp3) is 0.516. The second-order valence-electron chi connectivity index (χ2n) is 11.6. The number of hydrogen-bond acceptors (Lipinski definition) is 5. The second-order valence-corrected chi connectivity index (χ2v) is 12.0. The lowest BCUT2D eigenvalue weighted by molar-refractivity contribution is -0.137. The van der Waals surface area contributed by atoms with Crippen LogP contribution in [0.2, 0.25) is 5.02 Å². The Kier molecular flexibility index (Phi) is 8.12. The van der Waals surface area contributed by atoms with Crippen molar-refractivity contribution in [3.8, 4) is 5.69 Å². The van der Waals surface area contributed by atoms with Crippen LogP contribution in [0, 0.1) is 31.4 Å². The molecule has 3 aliphatic rings. The number of aromatic nitrogens is 3. The van der Waals surface area contributed by atoms with Gasteiger partial charge in [-0.2, -0.15) is 5.10 Å². The van der Waals surface area contributed by atoms with E-state index in [4.69, 9.17) is 21.3 Å². The maximum atomic E-state index is 15.0. The van der Waals surface area contributed by atoms with Crippen LogP contribution < -0.4 is 0 Å². The van der Waals surface area contributed by atoms with E-state index in [1.54, 1.807) is 0 Å². The van der Waals surface area contributed by atoms with Crippen molar-refractivity contribution in [3.63, 3.8) is 0 Å². The molecule has 1 amide bonds. The van der Waals surface area contributed by atoms with Gasteiger partial charge in [0.25, 0.3) is 0 Å². The summed E-state index contributed by atoms with van der Waals surface area (Å²) >= 11 is 6.25. The molecule has 0 unspecified atom stereocenters. The molecule has 0 N–H and O–H groups in total. The Balaban J connectivity index is 1.19. The molecule has 6 rings (SSSR count). The molecule has 2 saturated heterocycles. The van der Waals surface area contributed by atoms with Gasteiger partial charge in [-0.25, -0.2) is 18.4 Å². The van der Waals surface area contributed by atoms with Gasteiger partial charge in [-0.3, -0.25) is 9.69 Å². The fourth-order valence-corrected chi connectivity index (χ4v) is 7.03. The van der Waals surface area contributed by atoms with Gasteiger partial charge in [0.05, 0.1) is 18.9 Å². The number of morpholine rings is 1. The highest BCUT2D eigenvalue weighted by Gasteiger charge is 2.45. The molecule has 218 valence electrons. The minimum Gasteiger partial charge on any atom is -0.379 e. The third-order valence-corrected chi connectivity index (χ3v) is 9.50. The Morgan fingerprint density at radius 2 is 1.76 bits per heavy atom. The maximum absolute atomic E-state index is 15.0. The summed E-state index contributed by atoms with van der Waals surface area (Å²) in [6.07, 6.45) is 2.89. The Morgan fingerprint density at radius 1 is 1.00 bits per heavy atom. The zero-order chi connectivity index (χ0) is 28.7. The van der Waals surface area contributed by atoms with Gasteiger partial charge in [-0.05, 0) is 80.8 Å². The molecule has 3 aromatic rings. The molecule has 41 heavy (non-hydrogen) atoms. The first-order valence-corrected chi connectivity index (χ1v) is 14.9. The van der Waals surface area contributed by atoms with E-state index in [2.05, 4.69) is 10.00 Å². The number of carbonyl (C=O) groups excluding carboxylic acids is 1. The summed E-state index contributed by atoms with van der Waals surface area (Å²) < 4.78 is 36.2. The summed E-state index contributed by atoms with van der Waals surface area (Å²) in [5.41, 5.74) is 2.34. The maximum Gasteiger partial charge on any atom is 0.226 e. The van der Waals surface area contributed by atoms with E-state index in [0.717, 1.165) is 49.1 Å². The molecule has 7 nitrogen and oxygen atoms in total. The number of hydrogen-bond donors (Lipinski definition) is 0. The van der Waals surface area contributed by atoms with Crippen molar-refractivity contribution >= 4 is 17.5 Å². The molecule has 0 radical (unpaired) electrons. The summed E-state index contributed by atoms with van der Waals surface area (Å²) in [4.78, 5) is 23.1. The molecule has 3 fully saturated rings. The van der Waals surface area contributed by atoms with Crippen LogP contribution in [0.5, 0.6) is 0 Å². The van der Waals surface area contributed by atoms with Gasteiger partial charge in [-0.15, -0.1) is 0 Å². The average molecular weight is 584 g/mol. The SMILES string of the molecule is Cc1nc(C2CCN(C(=O)[C@@H]3C[C@H](N4CCOCC4)C[C@H]3c3ccc(F)cc3F)CC2)n(-c2ccc(Cl)c(C)c2)n1. The molecule has 1 aromatic heterocycles. The summed E-state index contributed by atoms with van der Waals surface area (Å²) in [5.74, 6) is 0.0308. The third kappa shape index (κ3) is 5.76. The number of likely N-dealkylation sites (tertiary alicyclic amines) is 1. The number of piperidine rings is 1. The lowest BCUT2D eigenvalue weighted by Crippen LogP contribution is -2.44. The first kappa shape index (κ1) is 28.2. The van der Waals surface area contributed by atoms with Crippen LogP contribution in [0.4, 0.5) is 8.78 Å². The lowest BCUT2D eigenvalue weighted by Gasteiger charge is -2.35. The van der Waals surface area contributed by atoms with Crippen LogP contribution in [0.3, 0.4) is 0 Å². The predicted molar refractivity (Wildman–Crippen MR) is 152 cm³/mol. The van der Waals surface area contributed by atoms with Gasteiger partial charge in [0, 0.05) is 55.1 Å². The van der Waals surface area contributed by atoms with Gasteiger partial charge in [0.1, 0.15) is 23.3 Å². The monoisotopic (exact) mass is 583 g/mol. The summed E-state index contributed by atoms with van der Waals surface area (Å²) in [7, 11) is 0. The number of amides is 1. The smallest absolute Gasteiger partial charge is 0.226 e. The number of nitrogens with zero attached hydrogens (tertiary/aromatic N) is 5. The Bertz CT molecular complexity index is 1420. The quantitative estimate of drug-likeness (QED) is 0.402. The van der Waals surface area contributed by atoms with Gasteiger partial charge in [0.2, 0.25) is 5.91 Å². The first-order valence-electron chi connectivity index (χ1n) is 14.5. The number of aryl methyl sites for hydroxylation is 2. The van der Waals surface area contributed by atoms with Gasteiger partial charge < -0.3 is 9.64 Å². The molecule has 0 spiro atoms. The van der Waals surface area contributed by atoms with Crippen molar-refractivity contribution in [3.05, 3.63) is 75.8 Å². The minimum absolute atomic E-state index is 0.0684. The Morgan fingerprint density at radius 3 is 2.46 bits per heavy atom. The van der Waals surface area contributed by atoms with Crippen molar-refractivity contribution in [1.82, 2.24) is 24.6 Å². The van der Waals surface area contributed by atoms with Crippen molar-refractivity contribution < 1.29 is 18.3 Å². The largest absolute Gasteiger partial charge is 0.379 e. The van der Waals surface area contributed by atoms with E-state index in [1.165, 1.54) is 12.1 Å². The first-order chi connectivity index (χ1) is 19.8. The zero-order valence-corrected chi connectivity index (χ0v) is 24.3. The highest BCUT2D eigenvalue weighted by molar-refractivity contribution is 6.31. The van der Waals surface area contributed by atoms with E-state index in [0.29, 0.717) is 55.6 Å². The molecular formula is C31H36ClF2N5O2. The van der Waals surface area contributed by atoms with Crippen molar-refractivity contribution in [2.45, 2.75) is 57.4 Å². The van der Waals surface area contributed by atoms with E-state index in [9.17, 15) is 13.6 Å². The highest BCUT2D eigenvalue weighted by Crippen LogP contribution is 2.44. The van der Waals surface area contributed by atoms with Crippen LogP contribution in [0.1, 0.15) is 60.3 Å². The van der Waals surface area contributed by atoms with Gasteiger partial charge >= 0.3 is 0 Å². The molecule has 10 heteroatoms. The van der Waals surface area contributed by atoms with E-state index < -0.39 is 11.6 Å². The van der Waals surface area contributed by atoms with E-state index >= 15 is 0 Å². The second kappa shape index (κ2) is 11.8. The summed E-state index contributed by atoms with van der Waals surface area (Å²) in [6.45, 7) is 8.01. The van der Waals surface area contributed by atoms with Crippen LogP contribution in [0.15, 0.2) is 36.4 Å². The molecule has 1 aliphatic carbocycles. The van der Waals surface area contributed by atoms with Crippen LogP contribution >= 0.6 is 11.6 Å². The number of ether oxygens (including phenoxy) is 1. The average Bonchev–Trinajstić information content (AvgIpc) is 3.59. The molecule has 2 aliphatic heterocycles. The van der Waals surface area contributed by atoms with Crippen molar-refractivity contribution in [2.24, 2.45) is 5.92 Å². The molecular weight excluding hydrogens is 548 g/mol. The molecule has 3 atom stereocenters. The zero-order valence-electron chi connectivity index (χ0n) is 23.5. The van der Waals surface area contributed by atoms with E-state index in [-0.39, 0.29) is 29.7 Å². The topological polar surface area (TPSA) is 63.5 Å². The molecule has 2 aromatic carbocycles. The molecule has 3 heterocycles. The number of rotatable bonds is 5. The van der Waals surface area contributed by atoms with Crippen LogP contribution in [0.25, 0.3) is 5.69 Å². The van der Waals surface area contributed by atoms with Crippen molar-refractivity contribution in [2.75, 3.05) is 39.4 Å². The third-order valence-electron chi connectivity index (χ3n) is 9.07. The number of carbonyl (C=O) groups is 1. The summed E-state index contributed by atoms with van der Waals surface area (Å²) in [6, 6.07) is 9.77. The summed E-state index contributed by atoms with van der Waals surface area (Å²) in [5, 5.41) is 5.37. The Hall–Kier alpha value is -2.88. The Labute approximate surface area is 244 Å². The fourth-order valence-electron chi connectivity index (χ4n) is 6.91. The van der Waals surface area contributed by atoms with Gasteiger partial charge in [-0.1, -0.05) is 17.7 Å². The molecule has 0 bridgehead atoms. The number of benzene rings is 2. The normalized spacial score (nSPS) is 24.2. The lowest BCUT2D eigenvalue weighted by atomic mass is 9.86. The highest BCUT2D eigenvalue weighted by atomic mass is 35.5. The molecule has 1 saturated carbocycles. The standard InChI is InChI=1S/C31H36ClF2N5O2/c1-19-15-23(4-6-28(19)32)39-30(35-20(2)36-39)21-7-9-38(10-8-21)31(40)27-18-24(37-11-13-41-14-12-37)17-26(27)25-5-3-22(33)16-29(25)34/h3-6,15-16,21,24,26-27H,7-14,17-18H2,1-2H3/t24-,26+,27-/m1/s1. The minimum atomic E-state index is -0.601. The predicted octanol–water partition coefficient (Wildman–Crippen LogP) is 5.42. The van der Waals surface area contributed by atoms with Crippen molar-refractivity contribution in [1.29, 1.82) is 0 Å².